The second kappa shape index (κ2) is 5.92. The molecule has 6 nitrogen and oxygen atoms in total. The lowest BCUT2D eigenvalue weighted by molar-refractivity contribution is 0.601. The number of fused-ring (bicyclic) bond motifs is 1. The monoisotopic (exact) mass is 342 g/mol. The lowest BCUT2D eigenvalue weighted by Crippen LogP contribution is -2.14. The number of sulfonamides is 1. The predicted molar refractivity (Wildman–Crippen MR) is 93.3 cm³/mol. The molecule has 1 atom stereocenters. The Balaban J connectivity index is 1.63. The number of rotatable bonds is 4. The first kappa shape index (κ1) is 15.2. The fourth-order valence-corrected chi connectivity index (χ4v) is 4.06. The Morgan fingerprint density at radius 2 is 1.96 bits per heavy atom. The van der Waals surface area contributed by atoms with Crippen LogP contribution in [0.3, 0.4) is 0 Å². The quantitative estimate of drug-likeness (QED) is 0.680. The van der Waals surface area contributed by atoms with Crippen LogP contribution in [0.1, 0.15) is 24.7 Å². The van der Waals surface area contributed by atoms with E-state index >= 15 is 0 Å². The van der Waals surface area contributed by atoms with Crippen molar-refractivity contribution in [2.75, 3.05) is 11.3 Å². The van der Waals surface area contributed by atoms with Crippen molar-refractivity contribution < 1.29 is 8.42 Å². The third-order valence-electron chi connectivity index (χ3n) is 4.20. The van der Waals surface area contributed by atoms with E-state index in [0.29, 0.717) is 5.69 Å². The zero-order valence-electron chi connectivity index (χ0n) is 13.0. The fourth-order valence-electron chi connectivity index (χ4n) is 2.99. The van der Waals surface area contributed by atoms with E-state index in [0.717, 1.165) is 36.2 Å². The summed E-state index contributed by atoms with van der Waals surface area (Å²) in [7, 11) is -3.59. The number of hydrogen-bond donors (Lipinski definition) is 3. The number of hydrogen-bond acceptors (Lipinski definition) is 4. The third kappa shape index (κ3) is 2.88. The van der Waals surface area contributed by atoms with Gasteiger partial charge in [0.25, 0.3) is 10.0 Å². The summed E-state index contributed by atoms with van der Waals surface area (Å²) in [5.41, 5.74) is 2.18. The van der Waals surface area contributed by atoms with Gasteiger partial charge in [-0.2, -0.15) is 0 Å². The van der Waals surface area contributed by atoms with Gasteiger partial charge in [0.15, 0.2) is 0 Å². The largest absolute Gasteiger partial charge is 0.341 e. The molecule has 0 spiro atoms. The smallest absolute Gasteiger partial charge is 0.261 e. The van der Waals surface area contributed by atoms with Crippen LogP contribution in [0.5, 0.6) is 0 Å². The number of aromatic nitrogens is 2. The molecule has 0 radical (unpaired) electrons. The first-order valence-corrected chi connectivity index (χ1v) is 9.41. The minimum absolute atomic E-state index is 0.241. The predicted octanol–water partition coefficient (Wildman–Crippen LogP) is 2.79. The van der Waals surface area contributed by atoms with Gasteiger partial charge in [0, 0.05) is 0 Å². The molecule has 1 saturated heterocycles. The molecule has 1 aliphatic rings. The van der Waals surface area contributed by atoms with Crippen LogP contribution < -0.4 is 10.0 Å². The highest BCUT2D eigenvalue weighted by atomic mass is 32.2. The number of H-pyrrole nitrogens is 1. The van der Waals surface area contributed by atoms with E-state index in [4.69, 9.17) is 0 Å². The van der Waals surface area contributed by atoms with Crippen molar-refractivity contribution in [3.8, 4) is 0 Å². The van der Waals surface area contributed by atoms with Crippen molar-refractivity contribution in [3.05, 3.63) is 54.4 Å². The second-order valence-corrected chi connectivity index (χ2v) is 7.60. The zero-order valence-corrected chi connectivity index (χ0v) is 13.8. The summed E-state index contributed by atoms with van der Waals surface area (Å²) in [6, 6.07) is 13.9. The van der Waals surface area contributed by atoms with Crippen molar-refractivity contribution in [1.29, 1.82) is 0 Å². The van der Waals surface area contributed by atoms with Gasteiger partial charge in [-0.25, -0.2) is 13.4 Å². The molecular formula is C17H18N4O2S. The van der Waals surface area contributed by atoms with Crippen molar-refractivity contribution in [2.24, 2.45) is 0 Å². The minimum Gasteiger partial charge on any atom is -0.341 e. The molecule has 0 amide bonds. The highest BCUT2D eigenvalue weighted by Gasteiger charge is 2.20. The average Bonchev–Trinajstić information content (AvgIpc) is 3.24. The van der Waals surface area contributed by atoms with Crippen LogP contribution in [0.4, 0.5) is 5.69 Å². The SMILES string of the molecule is O=S(=O)(Nc1ccc2nc([C@@H]3CCCN3)[nH]c2c1)c1ccccc1. The number of nitrogens with one attached hydrogen (secondary N) is 3. The molecule has 24 heavy (non-hydrogen) atoms. The number of nitrogens with zero attached hydrogens (tertiary/aromatic N) is 1. The Morgan fingerprint density at radius 3 is 2.71 bits per heavy atom. The normalized spacial score (nSPS) is 18.1. The maximum Gasteiger partial charge on any atom is 0.261 e. The number of aromatic amines is 1. The van der Waals surface area contributed by atoms with Gasteiger partial charge in [0.05, 0.1) is 27.7 Å². The molecule has 1 aliphatic heterocycles. The number of benzene rings is 2. The zero-order chi connectivity index (χ0) is 16.6. The summed E-state index contributed by atoms with van der Waals surface area (Å²) in [5, 5.41) is 3.40. The minimum atomic E-state index is -3.59. The summed E-state index contributed by atoms with van der Waals surface area (Å²) < 4.78 is 27.4. The summed E-state index contributed by atoms with van der Waals surface area (Å²) in [5.74, 6) is 0.908. The Morgan fingerprint density at radius 1 is 1.12 bits per heavy atom. The molecular weight excluding hydrogens is 324 g/mol. The first-order chi connectivity index (χ1) is 11.6. The Kier molecular flexibility index (Phi) is 3.74. The standard InChI is InChI=1S/C17H18N4O2S/c22-24(23,13-5-2-1-3-6-13)21-12-8-9-14-16(11-12)20-17(19-14)15-7-4-10-18-15/h1-3,5-6,8-9,11,15,18,21H,4,7,10H2,(H,19,20)/t15-/m0/s1. The molecule has 4 rings (SSSR count). The molecule has 2 heterocycles. The Bertz CT molecular complexity index is 961. The maximum atomic E-state index is 12.4. The van der Waals surface area contributed by atoms with E-state index < -0.39 is 10.0 Å². The molecule has 1 fully saturated rings. The summed E-state index contributed by atoms with van der Waals surface area (Å²) in [6.45, 7) is 1.00. The van der Waals surface area contributed by atoms with Crippen LogP contribution in [0.15, 0.2) is 53.4 Å². The lowest BCUT2D eigenvalue weighted by Gasteiger charge is -2.07. The van der Waals surface area contributed by atoms with E-state index in [1.54, 1.807) is 42.5 Å². The van der Waals surface area contributed by atoms with Crippen LogP contribution in [0.25, 0.3) is 11.0 Å². The highest BCUT2D eigenvalue weighted by Crippen LogP contribution is 2.25. The van der Waals surface area contributed by atoms with Gasteiger partial charge in [-0.1, -0.05) is 18.2 Å². The summed E-state index contributed by atoms with van der Waals surface area (Å²) >= 11 is 0. The van der Waals surface area contributed by atoms with Crippen LogP contribution >= 0.6 is 0 Å². The Hall–Kier alpha value is -2.38. The van der Waals surface area contributed by atoms with Gasteiger partial charge in [-0.15, -0.1) is 0 Å². The molecule has 124 valence electrons. The number of anilines is 1. The maximum absolute atomic E-state index is 12.4. The molecule has 0 aliphatic carbocycles. The molecule has 7 heteroatoms. The first-order valence-electron chi connectivity index (χ1n) is 7.93. The highest BCUT2D eigenvalue weighted by molar-refractivity contribution is 7.92. The molecule has 0 bridgehead atoms. The van der Waals surface area contributed by atoms with E-state index in [1.165, 1.54) is 0 Å². The van der Waals surface area contributed by atoms with Gasteiger partial charge in [-0.05, 0) is 49.7 Å². The van der Waals surface area contributed by atoms with Crippen LogP contribution in [0, 0.1) is 0 Å². The molecule has 3 N–H and O–H groups in total. The lowest BCUT2D eigenvalue weighted by atomic mass is 10.2. The van der Waals surface area contributed by atoms with E-state index in [2.05, 4.69) is 20.0 Å². The van der Waals surface area contributed by atoms with Gasteiger partial charge in [-0.3, -0.25) is 4.72 Å². The van der Waals surface area contributed by atoms with Gasteiger partial charge in [0.2, 0.25) is 0 Å². The fraction of sp³-hybridized carbons (Fsp3) is 0.235. The average molecular weight is 342 g/mol. The van der Waals surface area contributed by atoms with Gasteiger partial charge >= 0.3 is 0 Å². The molecule has 1 aromatic heterocycles. The molecule has 0 saturated carbocycles. The molecule has 2 aromatic carbocycles. The van der Waals surface area contributed by atoms with E-state index in [1.807, 2.05) is 6.07 Å². The van der Waals surface area contributed by atoms with Gasteiger partial charge < -0.3 is 10.3 Å². The van der Waals surface area contributed by atoms with Crippen molar-refractivity contribution in [3.63, 3.8) is 0 Å². The van der Waals surface area contributed by atoms with Gasteiger partial charge in [0.1, 0.15) is 5.82 Å². The van der Waals surface area contributed by atoms with Crippen molar-refractivity contribution in [2.45, 2.75) is 23.8 Å². The van der Waals surface area contributed by atoms with Crippen LogP contribution in [-0.4, -0.2) is 24.9 Å². The van der Waals surface area contributed by atoms with E-state index in [9.17, 15) is 8.42 Å². The van der Waals surface area contributed by atoms with Crippen molar-refractivity contribution in [1.82, 2.24) is 15.3 Å². The van der Waals surface area contributed by atoms with Crippen LogP contribution in [-0.2, 0) is 10.0 Å². The van der Waals surface area contributed by atoms with Crippen LogP contribution in [0.2, 0.25) is 0 Å². The van der Waals surface area contributed by atoms with E-state index in [-0.39, 0.29) is 10.9 Å². The summed E-state index contributed by atoms with van der Waals surface area (Å²) in [4.78, 5) is 8.13. The number of imidazole rings is 1. The Labute approximate surface area is 140 Å². The molecule has 0 unspecified atom stereocenters. The third-order valence-corrected chi connectivity index (χ3v) is 5.59. The summed E-state index contributed by atoms with van der Waals surface area (Å²) in [6.07, 6.45) is 2.21. The molecule has 3 aromatic rings. The topological polar surface area (TPSA) is 86.9 Å². The van der Waals surface area contributed by atoms with Crippen molar-refractivity contribution >= 4 is 26.7 Å². The second-order valence-electron chi connectivity index (χ2n) is 5.92.